The molecule has 1 unspecified atom stereocenters. The molecule has 0 saturated carbocycles. The molecular weight excluding hydrogens is 338 g/mol. The minimum absolute atomic E-state index is 0.251. The molecule has 27 heavy (non-hydrogen) atoms. The van der Waals surface area contributed by atoms with Gasteiger partial charge in [-0.25, -0.2) is 4.98 Å². The van der Waals surface area contributed by atoms with Crippen LogP contribution in [0, 0.1) is 5.41 Å². The molecule has 0 aliphatic carbocycles. The first-order chi connectivity index (χ1) is 13.2. The standard InChI is InChI=1S/C21H23N5O/c1-24-11-6-17-18(5-10-23-19(17)24)26-13-8-21(15-26)7-12-25(20(21)27)14-16-4-2-3-9-22-16/h2-6,9-11H,7-8,12-15H2,1H3. The Labute approximate surface area is 158 Å². The first-order valence-corrected chi connectivity index (χ1v) is 9.51. The predicted octanol–water partition coefficient (Wildman–Crippen LogP) is 2.60. The highest BCUT2D eigenvalue weighted by Crippen LogP contribution is 2.43. The van der Waals surface area contributed by atoms with Crippen molar-refractivity contribution in [3.8, 4) is 0 Å². The summed E-state index contributed by atoms with van der Waals surface area (Å²) in [5.41, 5.74) is 2.88. The maximum absolute atomic E-state index is 13.2. The van der Waals surface area contributed by atoms with Crippen molar-refractivity contribution >= 4 is 22.6 Å². The zero-order valence-electron chi connectivity index (χ0n) is 15.5. The Morgan fingerprint density at radius 2 is 1.96 bits per heavy atom. The molecule has 2 aliphatic rings. The number of hydrogen-bond acceptors (Lipinski definition) is 4. The van der Waals surface area contributed by atoms with Gasteiger partial charge in [-0.05, 0) is 37.1 Å². The number of carbonyl (C=O) groups is 1. The molecule has 3 aromatic rings. The second-order valence-corrected chi connectivity index (χ2v) is 7.74. The van der Waals surface area contributed by atoms with Crippen molar-refractivity contribution in [2.45, 2.75) is 19.4 Å². The zero-order valence-corrected chi connectivity index (χ0v) is 15.5. The summed E-state index contributed by atoms with van der Waals surface area (Å²) in [6, 6.07) is 10.1. The van der Waals surface area contributed by atoms with Crippen LogP contribution in [-0.4, -0.2) is 45.0 Å². The molecule has 0 N–H and O–H groups in total. The fourth-order valence-electron chi connectivity index (χ4n) is 4.61. The number of likely N-dealkylation sites (tertiary alicyclic amines) is 1. The average Bonchev–Trinajstić information content (AvgIpc) is 3.38. The minimum Gasteiger partial charge on any atom is -0.370 e. The van der Waals surface area contributed by atoms with E-state index in [0.717, 1.165) is 49.2 Å². The highest BCUT2D eigenvalue weighted by atomic mass is 16.2. The highest BCUT2D eigenvalue weighted by Gasteiger charge is 2.50. The number of pyridine rings is 2. The molecule has 2 aliphatic heterocycles. The molecule has 1 atom stereocenters. The molecule has 6 nitrogen and oxygen atoms in total. The van der Waals surface area contributed by atoms with Gasteiger partial charge in [0.1, 0.15) is 5.65 Å². The topological polar surface area (TPSA) is 54.3 Å². The van der Waals surface area contributed by atoms with E-state index in [-0.39, 0.29) is 11.3 Å². The van der Waals surface area contributed by atoms with Crippen LogP contribution in [0.25, 0.3) is 11.0 Å². The average molecular weight is 361 g/mol. The minimum atomic E-state index is -0.251. The lowest BCUT2D eigenvalue weighted by molar-refractivity contribution is -0.135. The summed E-state index contributed by atoms with van der Waals surface area (Å²) in [7, 11) is 2.01. The molecule has 5 heterocycles. The summed E-state index contributed by atoms with van der Waals surface area (Å²) in [6.07, 6.45) is 7.55. The summed E-state index contributed by atoms with van der Waals surface area (Å²) in [5, 5.41) is 1.16. The largest absolute Gasteiger partial charge is 0.370 e. The second-order valence-electron chi connectivity index (χ2n) is 7.74. The van der Waals surface area contributed by atoms with Crippen LogP contribution >= 0.6 is 0 Å². The van der Waals surface area contributed by atoms with E-state index in [1.165, 1.54) is 5.69 Å². The maximum atomic E-state index is 13.2. The first-order valence-electron chi connectivity index (χ1n) is 9.51. The Balaban J connectivity index is 1.37. The Bertz CT molecular complexity index is 998. The number of aromatic nitrogens is 3. The monoisotopic (exact) mass is 361 g/mol. The number of carbonyl (C=O) groups excluding carboxylic acids is 1. The molecule has 1 amide bonds. The normalized spacial score (nSPS) is 22.5. The van der Waals surface area contributed by atoms with Gasteiger partial charge in [0.2, 0.25) is 5.91 Å². The molecule has 2 saturated heterocycles. The van der Waals surface area contributed by atoms with Crippen molar-refractivity contribution in [3.05, 3.63) is 54.6 Å². The molecule has 0 bridgehead atoms. The number of nitrogens with zero attached hydrogens (tertiary/aromatic N) is 5. The van der Waals surface area contributed by atoms with Crippen molar-refractivity contribution in [1.82, 2.24) is 19.4 Å². The molecule has 2 fully saturated rings. The first kappa shape index (κ1) is 16.3. The summed E-state index contributed by atoms with van der Waals surface area (Å²) in [4.78, 5) is 26.5. The molecule has 3 aromatic heterocycles. The lowest BCUT2D eigenvalue weighted by Gasteiger charge is -2.25. The van der Waals surface area contributed by atoms with Crippen LogP contribution in [0.1, 0.15) is 18.5 Å². The molecule has 1 spiro atoms. The van der Waals surface area contributed by atoms with Crippen molar-refractivity contribution in [3.63, 3.8) is 0 Å². The summed E-state index contributed by atoms with van der Waals surface area (Å²) < 4.78 is 2.04. The van der Waals surface area contributed by atoms with Gasteiger partial charge in [-0.15, -0.1) is 0 Å². The SMILES string of the molecule is Cn1ccc2c(N3CCC4(CCN(Cc5ccccn5)C4=O)C3)ccnc21. The van der Waals surface area contributed by atoms with Gasteiger partial charge in [0.25, 0.3) is 0 Å². The summed E-state index contributed by atoms with van der Waals surface area (Å²) in [6.45, 7) is 3.13. The molecule has 0 radical (unpaired) electrons. The maximum Gasteiger partial charge on any atom is 0.231 e. The van der Waals surface area contributed by atoms with Gasteiger partial charge in [-0.2, -0.15) is 0 Å². The number of aryl methyl sites for hydroxylation is 1. The third-order valence-corrected chi connectivity index (χ3v) is 6.12. The predicted molar refractivity (Wildman–Crippen MR) is 104 cm³/mol. The van der Waals surface area contributed by atoms with Gasteiger partial charge in [0, 0.05) is 56.3 Å². The van der Waals surface area contributed by atoms with E-state index < -0.39 is 0 Å². The van der Waals surface area contributed by atoms with Gasteiger partial charge in [-0.1, -0.05) is 6.07 Å². The van der Waals surface area contributed by atoms with Crippen LogP contribution in [0.5, 0.6) is 0 Å². The lowest BCUT2D eigenvalue weighted by Crippen LogP contribution is -2.36. The lowest BCUT2D eigenvalue weighted by atomic mass is 9.85. The van der Waals surface area contributed by atoms with Crippen LogP contribution < -0.4 is 4.90 Å². The Morgan fingerprint density at radius 3 is 2.81 bits per heavy atom. The molecule has 5 rings (SSSR count). The summed E-state index contributed by atoms with van der Waals surface area (Å²) in [5.74, 6) is 0.286. The van der Waals surface area contributed by atoms with Crippen molar-refractivity contribution in [2.24, 2.45) is 12.5 Å². The van der Waals surface area contributed by atoms with E-state index in [9.17, 15) is 4.79 Å². The number of anilines is 1. The number of rotatable bonds is 3. The molecule has 138 valence electrons. The van der Waals surface area contributed by atoms with Gasteiger partial charge in [0.15, 0.2) is 0 Å². The third-order valence-electron chi connectivity index (χ3n) is 6.12. The Kier molecular flexibility index (Phi) is 3.67. The van der Waals surface area contributed by atoms with Gasteiger partial charge >= 0.3 is 0 Å². The number of amides is 1. The van der Waals surface area contributed by atoms with E-state index in [1.54, 1.807) is 6.20 Å². The van der Waals surface area contributed by atoms with Crippen LogP contribution in [0.3, 0.4) is 0 Å². The van der Waals surface area contributed by atoms with E-state index in [2.05, 4.69) is 27.0 Å². The molecule has 6 heteroatoms. The van der Waals surface area contributed by atoms with E-state index >= 15 is 0 Å². The van der Waals surface area contributed by atoms with E-state index in [4.69, 9.17) is 0 Å². The Hall–Kier alpha value is -2.89. The van der Waals surface area contributed by atoms with Crippen LogP contribution in [0.2, 0.25) is 0 Å². The molecular formula is C21H23N5O. The third kappa shape index (κ3) is 2.59. The van der Waals surface area contributed by atoms with Gasteiger partial charge < -0.3 is 14.4 Å². The summed E-state index contributed by atoms with van der Waals surface area (Å²) >= 11 is 0. The number of hydrogen-bond donors (Lipinski definition) is 0. The Morgan fingerprint density at radius 1 is 1.07 bits per heavy atom. The van der Waals surface area contributed by atoms with Crippen LogP contribution in [0.15, 0.2) is 48.9 Å². The zero-order chi connectivity index (χ0) is 18.4. The molecule has 0 aromatic carbocycles. The highest BCUT2D eigenvalue weighted by molar-refractivity contribution is 5.92. The van der Waals surface area contributed by atoms with Crippen molar-refractivity contribution < 1.29 is 4.79 Å². The van der Waals surface area contributed by atoms with Crippen molar-refractivity contribution in [2.75, 3.05) is 24.5 Å². The van der Waals surface area contributed by atoms with Gasteiger partial charge in [-0.3, -0.25) is 9.78 Å². The quantitative estimate of drug-likeness (QED) is 0.720. The van der Waals surface area contributed by atoms with E-state index in [0.29, 0.717) is 6.54 Å². The van der Waals surface area contributed by atoms with Crippen LogP contribution in [0.4, 0.5) is 5.69 Å². The fraction of sp³-hybridized carbons (Fsp3) is 0.381. The second kappa shape index (κ2) is 6.08. The van der Waals surface area contributed by atoms with Crippen LogP contribution in [-0.2, 0) is 18.4 Å². The van der Waals surface area contributed by atoms with E-state index in [1.807, 2.05) is 47.1 Å². The number of fused-ring (bicyclic) bond motifs is 1. The smallest absolute Gasteiger partial charge is 0.231 e. The fourth-order valence-corrected chi connectivity index (χ4v) is 4.61. The van der Waals surface area contributed by atoms with Crippen molar-refractivity contribution in [1.29, 1.82) is 0 Å². The van der Waals surface area contributed by atoms with Gasteiger partial charge in [0.05, 0.1) is 17.7 Å².